The number of benzene rings is 2. The summed E-state index contributed by atoms with van der Waals surface area (Å²) in [6.07, 6.45) is 0.263. The van der Waals surface area contributed by atoms with Crippen LogP contribution in [0.2, 0.25) is 0 Å². The molecular weight excluding hydrogens is 380 g/mol. The lowest BCUT2D eigenvalue weighted by Gasteiger charge is -2.18. The molecule has 7 nitrogen and oxygen atoms in total. The van der Waals surface area contributed by atoms with Gasteiger partial charge in [-0.2, -0.15) is 0 Å². The number of nitrogens with one attached hydrogen (secondary N) is 1. The van der Waals surface area contributed by atoms with Crippen molar-refractivity contribution in [3.8, 4) is 0 Å². The molecule has 30 heavy (non-hydrogen) atoms. The summed E-state index contributed by atoms with van der Waals surface area (Å²) in [5.74, 6) is -0.195. The molecule has 0 aliphatic carbocycles. The van der Waals surface area contributed by atoms with Crippen molar-refractivity contribution in [3.63, 3.8) is 0 Å². The van der Waals surface area contributed by atoms with Crippen LogP contribution < -0.4 is 16.0 Å². The van der Waals surface area contributed by atoms with Crippen LogP contribution in [0.5, 0.6) is 0 Å². The molecule has 0 spiro atoms. The van der Waals surface area contributed by atoms with Gasteiger partial charge in [0.15, 0.2) is 0 Å². The number of hydrogen-bond donors (Lipinski definition) is 2. The minimum atomic E-state index is -0.713. The zero-order valence-corrected chi connectivity index (χ0v) is 18.1. The van der Waals surface area contributed by atoms with Crippen LogP contribution in [0.25, 0.3) is 0 Å². The smallest absolute Gasteiger partial charge is 0.326 e. The van der Waals surface area contributed by atoms with Gasteiger partial charge in [0, 0.05) is 5.69 Å². The Bertz CT molecular complexity index is 902. The monoisotopic (exact) mass is 410 g/mol. The lowest BCUT2D eigenvalue weighted by atomic mass is 10.1. The molecule has 0 unspecified atom stereocenters. The van der Waals surface area contributed by atoms with Crippen LogP contribution >= 0.6 is 0 Å². The standard InChI is InChI=1S/C14H22N2O.C9H8N2O2/c1-5-16(6-2)10-13(17)15-14-11(3)8-7-9-12(14)4;10-9(13)11-7-4-2-1-3-6(7)5-8(11)12/h7-9H,5-6,10H2,1-4H3,(H,15,17);1-4H,5H2,(H2,10,13). The first-order chi connectivity index (χ1) is 14.3. The molecule has 1 aliphatic rings. The number of carbonyl (C=O) groups is 3. The minimum Gasteiger partial charge on any atom is -0.351 e. The van der Waals surface area contributed by atoms with E-state index in [4.69, 9.17) is 5.73 Å². The van der Waals surface area contributed by atoms with E-state index in [1.165, 1.54) is 0 Å². The van der Waals surface area contributed by atoms with Crippen molar-refractivity contribution in [2.45, 2.75) is 34.1 Å². The van der Waals surface area contributed by atoms with Crippen LogP contribution in [0.4, 0.5) is 16.2 Å². The summed E-state index contributed by atoms with van der Waals surface area (Å²) in [6.45, 7) is 10.4. The molecule has 2 aromatic rings. The van der Waals surface area contributed by atoms with E-state index in [1.54, 1.807) is 12.1 Å². The molecule has 4 amide bonds. The predicted molar refractivity (Wildman–Crippen MR) is 120 cm³/mol. The van der Waals surface area contributed by atoms with E-state index in [2.05, 4.69) is 24.1 Å². The number of nitrogens with two attached hydrogens (primary N) is 1. The Morgan fingerprint density at radius 1 is 1.03 bits per heavy atom. The summed E-state index contributed by atoms with van der Waals surface area (Å²) in [5, 5.41) is 3.00. The molecule has 0 radical (unpaired) electrons. The fourth-order valence-corrected chi connectivity index (χ4v) is 3.34. The molecule has 3 N–H and O–H groups in total. The highest BCUT2D eigenvalue weighted by Crippen LogP contribution is 2.27. The second kappa shape index (κ2) is 10.5. The SMILES string of the molecule is CCN(CC)CC(=O)Nc1c(C)cccc1C.NC(=O)N1C(=O)Cc2ccccc21. The Morgan fingerprint density at radius 3 is 2.20 bits per heavy atom. The Hall–Kier alpha value is -3.19. The van der Waals surface area contributed by atoms with Crippen molar-refractivity contribution < 1.29 is 14.4 Å². The Labute approximate surface area is 177 Å². The first-order valence-electron chi connectivity index (χ1n) is 10.1. The largest absolute Gasteiger partial charge is 0.351 e. The topological polar surface area (TPSA) is 95.7 Å². The number of amides is 4. The number of primary amides is 1. The molecule has 0 atom stereocenters. The van der Waals surface area contributed by atoms with Crippen LogP contribution in [-0.4, -0.2) is 42.4 Å². The fourth-order valence-electron chi connectivity index (χ4n) is 3.34. The maximum Gasteiger partial charge on any atom is 0.326 e. The van der Waals surface area contributed by atoms with Gasteiger partial charge in [-0.3, -0.25) is 14.5 Å². The highest BCUT2D eigenvalue weighted by molar-refractivity contribution is 6.18. The number of likely N-dealkylation sites (N-methyl/N-ethyl adjacent to an activating group) is 1. The third-order valence-electron chi connectivity index (χ3n) is 5.05. The average Bonchev–Trinajstić information content (AvgIpc) is 3.05. The van der Waals surface area contributed by atoms with Crippen LogP contribution in [0.15, 0.2) is 42.5 Å². The van der Waals surface area contributed by atoms with Gasteiger partial charge in [-0.05, 0) is 49.7 Å². The van der Waals surface area contributed by atoms with E-state index in [9.17, 15) is 14.4 Å². The normalized spacial score (nSPS) is 12.3. The molecule has 160 valence electrons. The van der Waals surface area contributed by atoms with Gasteiger partial charge < -0.3 is 11.1 Å². The lowest BCUT2D eigenvalue weighted by molar-refractivity contribution is -0.117. The maximum absolute atomic E-state index is 11.9. The summed E-state index contributed by atoms with van der Waals surface area (Å²) in [4.78, 5) is 37.2. The molecule has 0 fully saturated rings. The number of rotatable bonds is 5. The molecular formula is C23H30N4O3. The molecule has 1 aliphatic heterocycles. The lowest BCUT2D eigenvalue weighted by Crippen LogP contribution is -2.38. The number of anilines is 2. The Morgan fingerprint density at radius 2 is 1.63 bits per heavy atom. The zero-order valence-electron chi connectivity index (χ0n) is 18.1. The second-order valence-corrected chi connectivity index (χ2v) is 7.15. The summed E-state index contributed by atoms with van der Waals surface area (Å²) in [7, 11) is 0. The number of hydrogen-bond acceptors (Lipinski definition) is 4. The Kier molecular flexibility index (Phi) is 8.12. The van der Waals surface area contributed by atoms with E-state index in [0.717, 1.165) is 40.4 Å². The first-order valence-corrected chi connectivity index (χ1v) is 10.1. The predicted octanol–water partition coefficient (Wildman–Crippen LogP) is 3.24. The van der Waals surface area contributed by atoms with Gasteiger partial charge in [0.1, 0.15) is 0 Å². The Balaban J connectivity index is 0.000000220. The van der Waals surface area contributed by atoms with Gasteiger partial charge in [-0.1, -0.05) is 50.2 Å². The molecule has 7 heteroatoms. The fraction of sp³-hybridized carbons (Fsp3) is 0.348. The molecule has 0 saturated heterocycles. The molecule has 1 heterocycles. The minimum absolute atomic E-state index is 0.0612. The second-order valence-electron chi connectivity index (χ2n) is 7.15. The zero-order chi connectivity index (χ0) is 22.3. The first kappa shape index (κ1) is 23.1. The van der Waals surface area contributed by atoms with Gasteiger partial charge >= 0.3 is 6.03 Å². The van der Waals surface area contributed by atoms with Crippen LogP contribution in [0.1, 0.15) is 30.5 Å². The quantitative estimate of drug-likeness (QED) is 0.791. The van der Waals surface area contributed by atoms with Crippen molar-refractivity contribution in [1.29, 1.82) is 0 Å². The summed E-state index contributed by atoms with van der Waals surface area (Å²) >= 11 is 0. The molecule has 3 rings (SSSR count). The number of carbonyl (C=O) groups excluding carboxylic acids is 3. The van der Waals surface area contributed by atoms with Gasteiger partial charge in [-0.15, -0.1) is 0 Å². The van der Waals surface area contributed by atoms with Crippen molar-refractivity contribution in [2.75, 3.05) is 29.9 Å². The van der Waals surface area contributed by atoms with Gasteiger partial charge in [0.2, 0.25) is 11.8 Å². The van der Waals surface area contributed by atoms with Crippen molar-refractivity contribution in [1.82, 2.24) is 4.90 Å². The van der Waals surface area contributed by atoms with Crippen molar-refractivity contribution in [2.24, 2.45) is 5.73 Å². The number of imide groups is 1. The number of fused-ring (bicyclic) bond motifs is 1. The highest BCUT2D eigenvalue weighted by atomic mass is 16.2. The number of nitrogens with zero attached hydrogens (tertiary/aromatic N) is 2. The third kappa shape index (κ3) is 5.67. The number of para-hydroxylation sites is 2. The van der Waals surface area contributed by atoms with Gasteiger partial charge in [-0.25, -0.2) is 9.69 Å². The van der Waals surface area contributed by atoms with Crippen LogP contribution in [-0.2, 0) is 16.0 Å². The average molecular weight is 411 g/mol. The van der Waals surface area contributed by atoms with Crippen molar-refractivity contribution >= 4 is 29.2 Å². The molecule has 0 aromatic heterocycles. The maximum atomic E-state index is 11.9. The molecule has 2 aromatic carbocycles. The van der Waals surface area contributed by atoms with Gasteiger partial charge in [0.05, 0.1) is 18.7 Å². The van der Waals surface area contributed by atoms with Crippen LogP contribution in [0.3, 0.4) is 0 Å². The van der Waals surface area contributed by atoms with E-state index < -0.39 is 6.03 Å². The molecule has 0 bridgehead atoms. The third-order valence-corrected chi connectivity index (χ3v) is 5.05. The number of aryl methyl sites for hydroxylation is 2. The van der Waals surface area contributed by atoms with E-state index in [-0.39, 0.29) is 18.2 Å². The van der Waals surface area contributed by atoms with E-state index in [1.807, 2.05) is 44.2 Å². The number of urea groups is 1. The summed E-state index contributed by atoms with van der Waals surface area (Å²) < 4.78 is 0. The van der Waals surface area contributed by atoms with Crippen molar-refractivity contribution in [3.05, 3.63) is 59.2 Å². The summed E-state index contributed by atoms with van der Waals surface area (Å²) in [6, 6.07) is 12.4. The van der Waals surface area contributed by atoms with Crippen LogP contribution in [0, 0.1) is 13.8 Å². The van der Waals surface area contributed by atoms with E-state index in [0.29, 0.717) is 12.2 Å². The van der Waals surface area contributed by atoms with E-state index >= 15 is 0 Å². The summed E-state index contributed by atoms with van der Waals surface area (Å²) in [5.41, 5.74) is 9.70. The van der Waals surface area contributed by atoms with Gasteiger partial charge in [0.25, 0.3) is 0 Å². The highest BCUT2D eigenvalue weighted by Gasteiger charge is 2.30. The molecule has 0 saturated carbocycles.